The molecule has 304 valence electrons. The van der Waals surface area contributed by atoms with Gasteiger partial charge in [0.1, 0.15) is 6.10 Å². The molecule has 0 bridgehead atoms. The standard InChI is InChI=1S/C45H84N2O5/c1-5-7-9-11-13-15-17-19-20-21-23-25-27-29-34-44(51-39-42(4)52-45(48)47-37-43-33-30-31-35-46-43)40-50-41(3)38-49-36-32-28-26-24-22-18-16-14-12-10-8-6-2/h30-31,33,35,41-42,44H,5-29,32,34,36-40H2,1-4H3,(H,47,48). The fourth-order valence-electron chi connectivity index (χ4n) is 6.59. The Morgan fingerprint density at radius 1 is 0.596 bits per heavy atom. The number of aromatic nitrogens is 1. The smallest absolute Gasteiger partial charge is 0.407 e. The van der Waals surface area contributed by atoms with Crippen LogP contribution in [0.5, 0.6) is 0 Å². The molecular formula is C45H84N2O5. The van der Waals surface area contributed by atoms with Gasteiger partial charge >= 0.3 is 6.09 Å². The van der Waals surface area contributed by atoms with Crippen LogP contribution in [-0.2, 0) is 25.5 Å². The molecule has 52 heavy (non-hydrogen) atoms. The van der Waals surface area contributed by atoms with Crippen LogP contribution in [0.2, 0.25) is 0 Å². The monoisotopic (exact) mass is 733 g/mol. The van der Waals surface area contributed by atoms with Gasteiger partial charge in [0.15, 0.2) is 0 Å². The first-order valence-electron chi connectivity index (χ1n) is 22.2. The number of hydrogen-bond acceptors (Lipinski definition) is 6. The van der Waals surface area contributed by atoms with Crippen molar-refractivity contribution >= 4 is 6.09 Å². The molecule has 1 aromatic heterocycles. The van der Waals surface area contributed by atoms with Gasteiger partial charge in [0.05, 0.1) is 44.3 Å². The molecule has 0 saturated carbocycles. The molecule has 0 aromatic carbocycles. The SMILES string of the molecule is CCCCCCCCCCCCCCCCC(COC(C)COCCCCCCCCCCCCCC)OCC(C)OC(=O)NCc1ccccn1. The summed E-state index contributed by atoms with van der Waals surface area (Å²) >= 11 is 0. The maximum Gasteiger partial charge on any atom is 0.407 e. The molecule has 7 nitrogen and oxygen atoms in total. The summed E-state index contributed by atoms with van der Waals surface area (Å²) in [7, 11) is 0. The molecule has 0 spiro atoms. The van der Waals surface area contributed by atoms with Gasteiger partial charge in [-0.1, -0.05) is 180 Å². The van der Waals surface area contributed by atoms with Crippen LogP contribution in [0.25, 0.3) is 0 Å². The first kappa shape index (κ1) is 48.3. The molecule has 0 aliphatic carbocycles. The number of hydrogen-bond donors (Lipinski definition) is 1. The molecule has 3 unspecified atom stereocenters. The number of ether oxygens (including phenoxy) is 4. The van der Waals surface area contributed by atoms with E-state index in [0.29, 0.717) is 26.4 Å². The number of carbonyl (C=O) groups is 1. The second-order valence-electron chi connectivity index (χ2n) is 15.3. The predicted molar refractivity (Wildman–Crippen MR) is 219 cm³/mol. The molecule has 0 aliphatic heterocycles. The number of nitrogens with one attached hydrogen (secondary N) is 1. The van der Waals surface area contributed by atoms with E-state index < -0.39 is 6.09 Å². The maximum absolute atomic E-state index is 12.3. The normalized spacial score (nSPS) is 13.2. The lowest BCUT2D eigenvalue weighted by Crippen LogP contribution is -2.32. The number of unbranched alkanes of at least 4 members (excludes halogenated alkanes) is 24. The van der Waals surface area contributed by atoms with Crippen molar-refractivity contribution in [1.29, 1.82) is 0 Å². The largest absolute Gasteiger partial charge is 0.444 e. The van der Waals surface area contributed by atoms with Crippen LogP contribution in [0.3, 0.4) is 0 Å². The average molecular weight is 733 g/mol. The first-order chi connectivity index (χ1) is 25.5. The zero-order valence-electron chi connectivity index (χ0n) is 34.7. The minimum absolute atomic E-state index is 0.0193. The van der Waals surface area contributed by atoms with Gasteiger partial charge in [0.25, 0.3) is 0 Å². The van der Waals surface area contributed by atoms with Crippen LogP contribution in [0.4, 0.5) is 4.79 Å². The molecule has 1 rings (SSSR count). The predicted octanol–water partition coefficient (Wildman–Crippen LogP) is 13.1. The molecule has 1 N–H and O–H groups in total. The Balaban J connectivity index is 2.24. The van der Waals surface area contributed by atoms with Crippen molar-refractivity contribution in [2.24, 2.45) is 0 Å². The number of rotatable bonds is 39. The Bertz CT molecular complexity index is 873. The van der Waals surface area contributed by atoms with Crippen molar-refractivity contribution in [1.82, 2.24) is 10.3 Å². The molecule has 1 amide bonds. The molecule has 0 aliphatic rings. The van der Waals surface area contributed by atoms with E-state index in [9.17, 15) is 4.79 Å². The summed E-state index contributed by atoms with van der Waals surface area (Å²) in [4.78, 5) is 16.6. The number of amides is 1. The molecule has 0 saturated heterocycles. The van der Waals surface area contributed by atoms with Gasteiger partial charge in [-0.2, -0.15) is 0 Å². The molecule has 0 radical (unpaired) electrons. The van der Waals surface area contributed by atoms with E-state index in [-0.39, 0.29) is 18.3 Å². The highest BCUT2D eigenvalue weighted by molar-refractivity contribution is 5.67. The van der Waals surface area contributed by atoms with Gasteiger partial charge in [-0.05, 0) is 38.8 Å². The van der Waals surface area contributed by atoms with E-state index in [2.05, 4.69) is 31.1 Å². The van der Waals surface area contributed by atoms with E-state index in [4.69, 9.17) is 18.9 Å². The zero-order valence-corrected chi connectivity index (χ0v) is 34.7. The van der Waals surface area contributed by atoms with Crippen molar-refractivity contribution in [3.8, 4) is 0 Å². The fourth-order valence-corrected chi connectivity index (χ4v) is 6.59. The fraction of sp³-hybridized carbons (Fsp3) is 0.867. The summed E-state index contributed by atoms with van der Waals surface area (Å²) in [6.45, 7) is 11.1. The molecular weight excluding hydrogens is 649 g/mol. The van der Waals surface area contributed by atoms with Crippen LogP contribution >= 0.6 is 0 Å². The summed E-state index contributed by atoms with van der Waals surface area (Å²) in [5, 5.41) is 2.77. The Morgan fingerprint density at radius 2 is 1.10 bits per heavy atom. The number of alkyl carbamates (subject to hydrolysis) is 1. The van der Waals surface area contributed by atoms with E-state index in [1.807, 2.05) is 25.1 Å². The van der Waals surface area contributed by atoms with Crippen molar-refractivity contribution in [3.05, 3.63) is 30.1 Å². The second-order valence-corrected chi connectivity index (χ2v) is 15.3. The third-order valence-electron chi connectivity index (χ3n) is 9.96. The molecule has 7 heteroatoms. The van der Waals surface area contributed by atoms with Gasteiger partial charge in [-0.3, -0.25) is 4.98 Å². The summed E-state index contributed by atoms with van der Waals surface area (Å²) in [6, 6.07) is 5.63. The Kier molecular flexibility index (Phi) is 34.9. The van der Waals surface area contributed by atoms with Crippen LogP contribution < -0.4 is 5.32 Å². The van der Waals surface area contributed by atoms with Crippen LogP contribution in [0.15, 0.2) is 24.4 Å². The van der Waals surface area contributed by atoms with Crippen molar-refractivity contribution < 1.29 is 23.7 Å². The highest BCUT2D eigenvalue weighted by Crippen LogP contribution is 2.16. The Hall–Kier alpha value is -1.70. The van der Waals surface area contributed by atoms with E-state index in [1.54, 1.807) is 6.20 Å². The zero-order chi connectivity index (χ0) is 37.6. The Labute approximate surface area is 321 Å². The van der Waals surface area contributed by atoms with Crippen molar-refractivity contribution in [2.45, 2.75) is 226 Å². The highest BCUT2D eigenvalue weighted by atomic mass is 16.6. The molecule has 1 aromatic rings. The third-order valence-corrected chi connectivity index (χ3v) is 9.96. The van der Waals surface area contributed by atoms with Crippen molar-refractivity contribution in [2.75, 3.05) is 26.4 Å². The average Bonchev–Trinajstić information content (AvgIpc) is 3.15. The van der Waals surface area contributed by atoms with Gasteiger partial charge in [0, 0.05) is 12.8 Å². The lowest BCUT2D eigenvalue weighted by molar-refractivity contribution is -0.0800. The summed E-state index contributed by atoms with van der Waals surface area (Å²) in [5.74, 6) is 0. The molecule has 1 heterocycles. The van der Waals surface area contributed by atoms with Crippen LogP contribution in [0, 0.1) is 0 Å². The third kappa shape index (κ3) is 32.9. The van der Waals surface area contributed by atoms with Crippen LogP contribution in [0.1, 0.15) is 207 Å². The maximum atomic E-state index is 12.3. The topological polar surface area (TPSA) is 78.9 Å². The summed E-state index contributed by atoms with van der Waals surface area (Å²) < 4.78 is 24.0. The first-order valence-corrected chi connectivity index (χ1v) is 22.2. The van der Waals surface area contributed by atoms with Gasteiger partial charge < -0.3 is 24.3 Å². The minimum Gasteiger partial charge on any atom is -0.444 e. The van der Waals surface area contributed by atoms with E-state index in [0.717, 1.165) is 31.6 Å². The second kappa shape index (κ2) is 37.6. The van der Waals surface area contributed by atoms with Gasteiger partial charge in [-0.25, -0.2) is 4.79 Å². The summed E-state index contributed by atoms with van der Waals surface area (Å²) in [6.07, 6.45) is 36.9. The Morgan fingerprint density at radius 3 is 1.60 bits per heavy atom. The molecule has 3 atom stereocenters. The van der Waals surface area contributed by atoms with Crippen molar-refractivity contribution in [3.63, 3.8) is 0 Å². The quantitative estimate of drug-likeness (QED) is 0.0679. The summed E-state index contributed by atoms with van der Waals surface area (Å²) in [5.41, 5.74) is 0.793. The van der Waals surface area contributed by atoms with Gasteiger partial charge in [0.2, 0.25) is 0 Å². The van der Waals surface area contributed by atoms with Gasteiger partial charge in [-0.15, -0.1) is 0 Å². The van der Waals surface area contributed by atoms with Crippen LogP contribution in [-0.4, -0.2) is 55.8 Å². The number of nitrogens with zero attached hydrogens (tertiary/aromatic N) is 1. The number of pyridine rings is 1. The minimum atomic E-state index is -0.458. The van der Waals surface area contributed by atoms with E-state index in [1.165, 1.54) is 154 Å². The highest BCUT2D eigenvalue weighted by Gasteiger charge is 2.16. The number of carbonyl (C=O) groups excluding carboxylic acids is 1. The lowest BCUT2D eigenvalue weighted by atomic mass is 10.0. The lowest BCUT2D eigenvalue weighted by Gasteiger charge is -2.23. The molecule has 0 fully saturated rings. The van der Waals surface area contributed by atoms with E-state index >= 15 is 0 Å².